The first-order valence-electron chi connectivity index (χ1n) is 5.15. The molecule has 0 fully saturated rings. The normalized spacial score (nSPS) is 10.9. The zero-order valence-electron chi connectivity index (χ0n) is 9.36. The predicted octanol–water partition coefficient (Wildman–Crippen LogP) is 0.759. The number of rotatable bonds is 1. The van der Waals surface area contributed by atoms with Crippen LogP contribution in [0.1, 0.15) is 5.76 Å². The summed E-state index contributed by atoms with van der Waals surface area (Å²) in [5, 5.41) is 13.8. The van der Waals surface area contributed by atoms with Crippen LogP contribution in [-0.2, 0) is 0 Å². The molecule has 0 aliphatic rings. The van der Waals surface area contributed by atoms with E-state index in [0.29, 0.717) is 17.2 Å². The molecule has 0 aliphatic carbocycles. The molecule has 0 saturated carbocycles. The minimum atomic E-state index is -0.629. The van der Waals surface area contributed by atoms with Gasteiger partial charge < -0.3 is 9.52 Å². The van der Waals surface area contributed by atoms with Gasteiger partial charge in [0.05, 0.1) is 5.69 Å². The van der Waals surface area contributed by atoms with Crippen LogP contribution < -0.4 is 5.63 Å². The van der Waals surface area contributed by atoms with E-state index in [-0.39, 0.29) is 11.3 Å². The summed E-state index contributed by atoms with van der Waals surface area (Å²) in [6.07, 6.45) is 2.80. The maximum Gasteiger partial charge on any atom is 0.349 e. The van der Waals surface area contributed by atoms with Crippen LogP contribution in [0, 0.1) is 6.92 Å². The molecule has 7 heteroatoms. The molecule has 0 aromatic carbocycles. The Balaban J connectivity index is 2.40. The Morgan fingerprint density at radius 2 is 2.22 bits per heavy atom. The number of hydrogen-bond donors (Lipinski definition) is 1. The van der Waals surface area contributed by atoms with Crippen LogP contribution in [0.2, 0.25) is 0 Å². The van der Waals surface area contributed by atoms with E-state index in [9.17, 15) is 9.90 Å². The molecule has 0 saturated heterocycles. The zero-order valence-corrected chi connectivity index (χ0v) is 9.36. The molecule has 0 unspecified atom stereocenters. The lowest BCUT2D eigenvalue weighted by molar-refractivity contribution is 0.437. The second-order valence-electron chi connectivity index (χ2n) is 3.71. The first-order chi connectivity index (χ1) is 8.66. The molecule has 0 aliphatic heterocycles. The topological polar surface area (TPSA) is 93.5 Å². The summed E-state index contributed by atoms with van der Waals surface area (Å²) in [5.74, 6) is 0.517. The van der Waals surface area contributed by atoms with Crippen molar-refractivity contribution in [3.05, 3.63) is 40.8 Å². The van der Waals surface area contributed by atoms with Crippen LogP contribution in [0.25, 0.3) is 17.0 Å². The Morgan fingerprint density at radius 3 is 3.00 bits per heavy atom. The van der Waals surface area contributed by atoms with Crippen molar-refractivity contribution in [2.75, 3.05) is 0 Å². The van der Waals surface area contributed by atoms with E-state index in [1.54, 1.807) is 13.0 Å². The van der Waals surface area contributed by atoms with Gasteiger partial charge in [-0.2, -0.15) is 14.6 Å². The van der Waals surface area contributed by atoms with Crippen molar-refractivity contribution in [2.24, 2.45) is 0 Å². The van der Waals surface area contributed by atoms with Crippen molar-refractivity contribution in [1.82, 2.24) is 19.6 Å². The second kappa shape index (κ2) is 3.66. The Hall–Kier alpha value is -2.70. The van der Waals surface area contributed by atoms with Gasteiger partial charge in [0.15, 0.2) is 0 Å². The third-order valence-corrected chi connectivity index (χ3v) is 2.49. The minimum Gasteiger partial charge on any atom is -0.507 e. The number of fused-ring (bicyclic) bond motifs is 1. The smallest absolute Gasteiger partial charge is 0.349 e. The summed E-state index contributed by atoms with van der Waals surface area (Å²) >= 11 is 0. The molecule has 3 aromatic rings. The molecular formula is C11H8N4O3. The first kappa shape index (κ1) is 10.5. The highest BCUT2D eigenvalue weighted by molar-refractivity contribution is 5.66. The predicted molar refractivity (Wildman–Crippen MR) is 61.2 cm³/mol. The fourth-order valence-electron chi connectivity index (χ4n) is 1.76. The average Bonchev–Trinajstić information content (AvgIpc) is 2.76. The number of aromatic nitrogens is 4. The van der Waals surface area contributed by atoms with Crippen LogP contribution in [0.15, 0.2) is 33.9 Å². The van der Waals surface area contributed by atoms with Crippen molar-refractivity contribution < 1.29 is 9.52 Å². The highest BCUT2D eigenvalue weighted by atomic mass is 16.4. The van der Waals surface area contributed by atoms with Gasteiger partial charge in [0.2, 0.25) is 0 Å². The lowest BCUT2D eigenvalue weighted by Crippen LogP contribution is -2.08. The third kappa shape index (κ3) is 1.45. The van der Waals surface area contributed by atoms with Crippen LogP contribution in [-0.4, -0.2) is 24.7 Å². The SMILES string of the molecule is Cc1cc(O)c(-c2ccnc3ncnn23)c(=O)o1. The lowest BCUT2D eigenvalue weighted by Gasteiger charge is -2.04. The number of hydrogen-bond acceptors (Lipinski definition) is 6. The van der Waals surface area contributed by atoms with Gasteiger partial charge in [-0.25, -0.2) is 9.78 Å². The molecule has 0 bridgehead atoms. The van der Waals surface area contributed by atoms with Gasteiger partial charge in [-0.15, -0.1) is 0 Å². The van der Waals surface area contributed by atoms with Gasteiger partial charge in [0, 0.05) is 12.3 Å². The van der Waals surface area contributed by atoms with Crippen molar-refractivity contribution in [2.45, 2.75) is 6.92 Å². The lowest BCUT2D eigenvalue weighted by atomic mass is 10.2. The summed E-state index contributed by atoms with van der Waals surface area (Å²) in [5.41, 5.74) is -0.210. The van der Waals surface area contributed by atoms with Gasteiger partial charge in [-0.1, -0.05) is 0 Å². The van der Waals surface area contributed by atoms with E-state index in [4.69, 9.17) is 4.42 Å². The Morgan fingerprint density at radius 1 is 1.39 bits per heavy atom. The van der Waals surface area contributed by atoms with Crippen LogP contribution >= 0.6 is 0 Å². The molecule has 3 heterocycles. The Bertz CT molecular complexity index is 790. The molecule has 3 rings (SSSR count). The van der Waals surface area contributed by atoms with E-state index in [1.807, 2.05) is 0 Å². The first-order valence-corrected chi connectivity index (χ1v) is 5.15. The maximum atomic E-state index is 11.8. The largest absolute Gasteiger partial charge is 0.507 e. The average molecular weight is 244 g/mol. The van der Waals surface area contributed by atoms with Crippen molar-refractivity contribution in [3.63, 3.8) is 0 Å². The summed E-state index contributed by atoms with van der Waals surface area (Å²) < 4.78 is 6.33. The number of aryl methyl sites for hydroxylation is 1. The third-order valence-electron chi connectivity index (χ3n) is 2.49. The summed E-state index contributed by atoms with van der Waals surface area (Å²) in [7, 11) is 0. The van der Waals surface area contributed by atoms with Crippen molar-refractivity contribution in [3.8, 4) is 17.0 Å². The molecule has 0 amide bonds. The van der Waals surface area contributed by atoms with Crippen LogP contribution in [0.5, 0.6) is 5.75 Å². The van der Waals surface area contributed by atoms with E-state index in [2.05, 4.69) is 15.1 Å². The van der Waals surface area contributed by atoms with E-state index < -0.39 is 5.63 Å². The molecule has 7 nitrogen and oxygen atoms in total. The van der Waals surface area contributed by atoms with Crippen molar-refractivity contribution in [1.29, 1.82) is 0 Å². The van der Waals surface area contributed by atoms with Gasteiger partial charge in [-0.05, 0) is 13.0 Å². The van der Waals surface area contributed by atoms with Crippen molar-refractivity contribution >= 4 is 5.78 Å². The van der Waals surface area contributed by atoms with Gasteiger partial charge >= 0.3 is 5.63 Å². The summed E-state index contributed by atoms with van der Waals surface area (Å²) in [6, 6.07) is 2.93. The number of nitrogens with zero attached hydrogens (tertiary/aromatic N) is 4. The highest BCUT2D eigenvalue weighted by Gasteiger charge is 2.16. The fraction of sp³-hybridized carbons (Fsp3) is 0.0909. The molecule has 0 spiro atoms. The zero-order chi connectivity index (χ0) is 12.7. The molecule has 0 radical (unpaired) electrons. The molecule has 0 atom stereocenters. The molecule has 3 aromatic heterocycles. The minimum absolute atomic E-state index is 0.0403. The molecule has 90 valence electrons. The Labute approximate surface area is 100 Å². The van der Waals surface area contributed by atoms with Crippen LogP contribution in [0.4, 0.5) is 0 Å². The quantitative estimate of drug-likeness (QED) is 0.679. The van der Waals surface area contributed by atoms with Gasteiger partial charge in [-0.3, -0.25) is 0 Å². The summed E-state index contributed by atoms with van der Waals surface area (Å²) in [4.78, 5) is 19.7. The fourth-order valence-corrected chi connectivity index (χ4v) is 1.76. The van der Waals surface area contributed by atoms with Gasteiger partial charge in [0.25, 0.3) is 5.78 Å². The molecule has 1 N–H and O–H groups in total. The monoisotopic (exact) mass is 244 g/mol. The maximum absolute atomic E-state index is 11.8. The molecular weight excluding hydrogens is 236 g/mol. The van der Waals surface area contributed by atoms with E-state index in [0.717, 1.165) is 0 Å². The summed E-state index contributed by atoms with van der Waals surface area (Å²) in [6.45, 7) is 1.59. The van der Waals surface area contributed by atoms with E-state index in [1.165, 1.54) is 23.1 Å². The van der Waals surface area contributed by atoms with Gasteiger partial charge in [0.1, 0.15) is 23.4 Å². The molecule has 18 heavy (non-hydrogen) atoms. The Kier molecular flexibility index (Phi) is 2.12. The number of aromatic hydroxyl groups is 1. The second-order valence-corrected chi connectivity index (χ2v) is 3.71. The highest BCUT2D eigenvalue weighted by Crippen LogP contribution is 2.25. The standard InChI is InChI=1S/C11H8N4O3/c1-6-4-8(16)9(10(17)18-6)7-2-3-12-11-13-5-14-15(7)11/h2-5,16H,1H3. The van der Waals surface area contributed by atoms with Crippen LogP contribution in [0.3, 0.4) is 0 Å². The van der Waals surface area contributed by atoms with E-state index >= 15 is 0 Å².